The van der Waals surface area contributed by atoms with Crippen LogP contribution in [0.25, 0.3) is 0 Å². The van der Waals surface area contributed by atoms with Crippen LogP contribution < -0.4 is 0 Å². The van der Waals surface area contributed by atoms with E-state index in [4.69, 9.17) is 5.11 Å². The Hall–Kier alpha value is -1.26. The molecule has 0 radical (unpaired) electrons. The normalized spacial score (nSPS) is 10.7. The number of aliphatic hydroxyl groups is 1. The number of rotatable bonds is 5. The molecule has 1 N–H and O–H groups in total. The standard InChI is InChI=1S/C13H16N2OS/c1-11-14-5-6-15(11)7-8-17-13-4-2-3-12(9-13)10-16/h2-6,9,16H,7-8,10H2,1H3. The van der Waals surface area contributed by atoms with Gasteiger partial charge in [-0.1, -0.05) is 12.1 Å². The molecule has 0 unspecified atom stereocenters. The zero-order valence-electron chi connectivity index (χ0n) is 9.84. The molecule has 4 heteroatoms. The van der Waals surface area contributed by atoms with Gasteiger partial charge in [-0.05, 0) is 24.6 Å². The summed E-state index contributed by atoms with van der Waals surface area (Å²) in [5.41, 5.74) is 0.966. The molecule has 3 nitrogen and oxygen atoms in total. The molecular weight excluding hydrogens is 232 g/mol. The summed E-state index contributed by atoms with van der Waals surface area (Å²) in [5, 5.41) is 9.05. The summed E-state index contributed by atoms with van der Waals surface area (Å²) < 4.78 is 2.14. The van der Waals surface area contributed by atoms with Crippen molar-refractivity contribution in [3.8, 4) is 0 Å². The van der Waals surface area contributed by atoms with Crippen LogP contribution in [-0.2, 0) is 13.2 Å². The second kappa shape index (κ2) is 5.89. The molecule has 0 fully saturated rings. The second-order valence-electron chi connectivity index (χ2n) is 3.82. The Balaban J connectivity index is 1.87. The van der Waals surface area contributed by atoms with E-state index in [1.54, 1.807) is 11.8 Å². The summed E-state index contributed by atoms with van der Waals surface area (Å²) in [6, 6.07) is 8.02. The van der Waals surface area contributed by atoms with E-state index in [1.807, 2.05) is 37.5 Å². The number of thioether (sulfide) groups is 1. The average Bonchev–Trinajstić information content (AvgIpc) is 2.76. The van der Waals surface area contributed by atoms with Crippen molar-refractivity contribution in [3.05, 3.63) is 48.0 Å². The van der Waals surface area contributed by atoms with Crippen molar-refractivity contribution >= 4 is 11.8 Å². The minimum absolute atomic E-state index is 0.106. The van der Waals surface area contributed by atoms with Gasteiger partial charge in [0, 0.05) is 29.6 Å². The fraction of sp³-hybridized carbons (Fsp3) is 0.308. The maximum atomic E-state index is 9.05. The summed E-state index contributed by atoms with van der Waals surface area (Å²) in [4.78, 5) is 5.39. The van der Waals surface area contributed by atoms with Crippen molar-refractivity contribution in [2.75, 3.05) is 5.75 Å². The Morgan fingerprint density at radius 2 is 2.29 bits per heavy atom. The smallest absolute Gasteiger partial charge is 0.105 e. The molecule has 2 aromatic rings. The molecule has 0 amide bonds. The van der Waals surface area contributed by atoms with E-state index >= 15 is 0 Å². The molecule has 0 atom stereocenters. The van der Waals surface area contributed by atoms with Crippen molar-refractivity contribution in [2.45, 2.75) is 25.0 Å². The molecule has 1 aromatic carbocycles. The van der Waals surface area contributed by atoms with E-state index in [2.05, 4.69) is 15.6 Å². The minimum Gasteiger partial charge on any atom is -0.392 e. The molecule has 17 heavy (non-hydrogen) atoms. The van der Waals surface area contributed by atoms with Gasteiger partial charge in [-0.25, -0.2) is 4.98 Å². The van der Waals surface area contributed by atoms with Gasteiger partial charge in [-0.15, -0.1) is 11.8 Å². The number of hydrogen-bond donors (Lipinski definition) is 1. The van der Waals surface area contributed by atoms with Gasteiger partial charge < -0.3 is 9.67 Å². The first kappa shape index (κ1) is 12.2. The van der Waals surface area contributed by atoms with Crippen molar-refractivity contribution in [1.82, 2.24) is 9.55 Å². The topological polar surface area (TPSA) is 38.0 Å². The second-order valence-corrected chi connectivity index (χ2v) is 4.99. The van der Waals surface area contributed by atoms with Crippen molar-refractivity contribution < 1.29 is 5.11 Å². The zero-order chi connectivity index (χ0) is 12.1. The van der Waals surface area contributed by atoms with Gasteiger partial charge in [0.25, 0.3) is 0 Å². The number of imidazole rings is 1. The van der Waals surface area contributed by atoms with E-state index < -0.39 is 0 Å². The predicted molar refractivity (Wildman–Crippen MR) is 70.1 cm³/mol. The molecule has 0 saturated heterocycles. The van der Waals surface area contributed by atoms with Gasteiger partial charge in [0.1, 0.15) is 5.82 Å². The Morgan fingerprint density at radius 3 is 3.00 bits per heavy atom. The minimum atomic E-state index is 0.106. The molecule has 0 aliphatic carbocycles. The Morgan fingerprint density at radius 1 is 1.41 bits per heavy atom. The molecule has 0 bridgehead atoms. The number of benzene rings is 1. The molecule has 90 valence electrons. The molecule has 1 aromatic heterocycles. The first-order chi connectivity index (χ1) is 8.29. The summed E-state index contributed by atoms with van der Waals surface area (Å²) >= 11 is 1.80. The highest BCUT2D eigenvalue weighted by Gasteiger charge is 1.99. The summed E-state index contributed by atoms with van der Waals surface area (Å²) in [5.74, 6) is 2.06. The van der Waals surface area contributed by atoms with Crippen molar-refractivity contribution in [3.63, 3.8) is 0 Å². The number of aryl methyl sites for hydroxylation is 2. The number of nitrogens with zero attached hydrogens (tertiary/aromatic N) is 2. The van der Waals surface area contributed by atoms with Crippen LogP contribution >= 0.6 is 11.8 Å². The maximum absolute atomic E-state index is 9.05. The predicted octanol–water partition coefficient (Wildman–Crippen LogP) is 2.48. The van der Waals surface area contributed by atoms with Crippen LogP contribution in [0.4, 0.5) is 0 Å². The fourth-order valence-corrected chi connectivity index (χ4v) is 2.57. The largest absolute Gasteiger partial charge is 0.392 e. The summed E-state index contributed by atoms with van der Waals surface area (Å²) in [7, 11) is 0. The third-order valence-corrected chi connectivity index (χ3v) is 3.58. The molecule has 0 spiro atoms. The number of hydrogen-bond acceptors (Lipinski definition) is 3. The Bertz CT molecular complexity index is 482. The summed E-state index contributed by atoms with van der Waals surface area (Å²) in [6.45, 7) is 3.08. The van der Waals surface area contributed by atoms with E-state index in [0.717, 1.165) is 23.7 Å². The maximum Gasteiger partial charge on any atom is 0.105 e. The van der Waals surface area contributed by atoms with Gasteiger partial charge in [0.05, 0.1) is 6.61 Å². The van der Waals surface area contributed by atoms with E-state index in [-0.39, 0.29) is 6.61 Å². The van der Waals surface area contributed by atoms with E-state index in [0.29, 0.717) is 0 Å². The molecule has 0 aliphatic heterocycles. The van der Waals surface area contributed by atoms with Crippen LogP contribution in [0.5, 0.6) is 0 Å². The van der Waals surface area contributed by atoms with Crippen LogP contribution in [0.2, 0.25) is 0 Å². The monoisotopic (exact) mass is 248 g/mol. The quantitative estimate of drug-likeness (QED) is 0.826. The average molecular weight is 248 g/mol. The van der Waals surface area contributed by atoms with Crippen LogP contribution in [0.1, 0.15) is 11.4 Å². The molecule has 0 saturated carbocycles. The number of aromatic nitrogens is 2. The van der Waals surface area contributed by atoms with Gasteiger partial charge in [0.15, 0.2) is 0 Å². The lowest BCUT2D eigenvalue weighted by atomic mass is 10.2. The lowest BCUT2D eigenvalue weighted by molar-refractivity contribution is 0.281. The highest BCUT2D eigenvalue weighted by molar-refractivity contribution is 7.99. The Labute approximate surface area is 106 Å². The third-order valence-electron chi connectivity index (χ3n) is 2.61. The van der Waals surface area contributed by atoms with E-state index in [9.17, 15) is 0 Å². The van der Waals surface area contributed by atoms with Gasteiger partial charge in [-0.2, -0.15) is 0 Å². The first-order valence-corrected chi connectivity index (χ1v) is 6.58. The van der Waals surface area contributed by atoms with Crippen LogP contribution in [0, 0.1) is 6.92 Å². The fourth-order valence-electron chi connectivity index (χ4n) is 1.64. The van der Waals surface area contributed by atoms with Crippen molar-refractivity contribution in [2.24, 2.45) is 0 Å². The van der Waals surface area contributed by atoms with Crippen LogP contribution in [-0.4, -0.2) is 20.4 Å². The SMILES string of the molecule is Cc1nccn1CCSc1cccc(CO)c1. The van der Waals surface area contributed by atoms with Gasteiger partial charge >= 0.3 is 0 Å². The van der Waals surface area contributed by atoms with Gasteiger partial charge in [-0.3, -0.25) is 0 Å². The molecular formula is C13H16N2OS. The van der Waals surface area contributed by atoms with Crippen LogP contribution in [0.3, 0.4) is 0 Å². The first-order valence-electron chi connectivity index (χ1n) is 5.60. The highest BCUT2D eigenvalue weighted by atomic mass is 32.2. The lowest BCUT2D eigenvalue weighted by Gasteiger charge is -2.05. The highest BCUT2D eigenvalue weighted by Crippen LogP contribution is 2.19. The Kier molecular flexibility index (Phi) is 4.23. The zero-order valence-corrected chi connectivity index (χ0v) is 10.7. The molecule has 2 rings (SSSR count). The van der Waals surface area contributed by atoms with Crippen LogP contribution in [0.15, 0.2) is 41.6 Å². The third kappa shape index (κ3) is 3.35. The molecule has 1 heterocycles. The summed E-state index contributed by atoms with van der Waals surface area (Å²) in [6.07, 6.45) is 3.83. The lowest BCUT2D eigenvalue weighted by Crippen LogP contribution is -2.01. The van der Waals surface area contributed by atoms with E-state index in [1.165, 1.54) is 4.90 Å². The number of aliphatic hydroxyl groups excluding tert-OH is 1. The molecule has 0 aliphatic rings. The van der Waals surface area contributed by atoms with Gasteiger partial charge in [0.2, 0.25) is 0 Å². The van der Waals surface area contributed by atoms with Crippen molar-refractivity contribution in [1.29, 1.82) is 0 Å².